The Balaban J connectivity index is 2.60. The second-order valence-corrected chi connectivity index (χ2v) is 3.54. The molecule has 0 bridgehead atoms. The molecular weight excluding hydrogens is 154 g/mol. The molecule has 0 radical (unpaired) electrons. The van der Waals surface area contributed by atoms with Crippen molar-refractivity contribution in [3.05, 3.63) is 34.0 Å². The molecule has 1 aliphatic rings. The maximum Gasteiger partial charge on any atom is 0.0775 e. The summed E-state index contributed by atoms with van der Waals surface area (Å²) in [5.74, 6) is 0. The summed E-state index contributed by atoms with van der Waals surface area (Å²) in [6, 6.07) is 2.16. The average molecular weight is 163 g/mol. The average Bonchev–Trinajstić information content (AvgIpc) is 2.46. The predicted octanol–water partition coefficient (Wildman–Crippen LogP) is 2.28. The van der Waals surface area contributed by atoms with Crippen LogP contribution in [0.1, 0.15) is 10.4 Å². The quantitative estimate of drug-likeness (QED) is 0.556. The van der Waals surface area contributed by atoms with E-state index in [0.29, 0.717) is 0 Å². The van der Waals surface area contributed by atoms with E-state index in [9.17, 15) is 0 Å². The van der Waals surface area contributed by atoms with Crippen LogP contribution in [0.5, 0.6) is 0 Å². The van der Waals surface area contributed by atoms with E-state index in [1.165, 1.54) is 10.4 Å². The third kappa shape index (κ3) is 0.862. The lowest BCUT2D eigenvalue weighted by molar-refractivity contribution is 1.29. The number of rotatable bonds is 0. The van der Waals surface area contributed by atoms with Crippen LogP contribution < -0.4 is 0 Å². The van der Waals surface area contributed by atoms with Gasteiger partial charge in [-0.05, 0) is 22.6 Å². The number of fused-ring (bicyclic) bond motifs is 1. The Morgan fingerprint density at radius 1 is 1.64 bits per heavy atom. The Hall–Kier alpha value is -0.890. The molecule has 1 aliphatic carbocycles. The molecule has 0 N–H and O–H groups in total. The van der Waals surface area contributed by atoms with Crippen molar-refractivity contribution in [3.8, 4) is 0 Å². The molecule has 0 saturated heterocycles. The first-order chi connectivity index (χ1) is 5.33. The van der Waals surface area contributed by atoms with Gasteiger partial charge in [0.05, 0.1) is 10.6 Å². The zero-order valence-corrected chi connectivity index (χ0v) is 7.24. The van der Waals surface area contributed by atoms with Gasteiger partial charge in [-0.2, -0.15) is 0 Å². The van der Waals surface area contributed by atoms with E-state index in [1.54, 1.807) is 11.3 Å². The van der Waals surface area contributed by atoms with Gasteiger partial charge in [0.15, 0.2) is 0 Å². The molecule has 1 aromatic rings. The number of aliphatic imine (C=N–C) groups is 1. The summed E-state index contributed by atoms with van der Waals surface area (Å²) in [6.07, 6.45) is 0.992. The fraction of sp³-hybridized carbons (Fsp3) is 0.222. The van der Waals surface area contributed by atoms with Crippen LogP contribution in [-0.4, -0.2) is 12.8 Å². The lowest BCUT2D eigenvalue weighted by Gasteiger charge is -1.93. The summed E-state index contributed by atoms with van der Waals surface area (Å²) >= 11 is 1.76. The summed E-state index contributed by atoms with van der Waals surface area (Å²) in [6.45, 7) is 3.97. The number of allylic oxidation sites excluding steroid dienone is 1. The monoisotopic (exact) mass is 163 g/mol. The van der Waals surface area contributed by atoms with E-state index in [-0.39, 0.29) is 0 Å². The Morgan fingerprint density at radius 2 is 2.45 bits per heavy atom. The highest BCUT2D eigenvalue weighted by atomic mass is 32.1. The lowest BCUT2D eigenvalue weighted by Crippen LogP contribution is -1.93. The second kappa shape index (κ2) is 2.31. The van der Waals surface area contributed by atoms with E-state index >= 15 is 0 Å². The lowest BCUT2D eigenvalue weighted by atomic mass is 10.2. The van der Waals surface area contributed by atoms with E-state index in [1.807, 2.05) is 7.05 Å². The van der Waals surface area contributed by atoms with Gasteiger partial charge in [-0.15, -0.1) is 11.3 Å². The van der Waals surface area contributed by atoms with Gasteiger partial charge in [-0.25, -0.2) is 0 Å². The van der Waals surface area contributed by atoms with E-state index in [0.717, 1.165) is 17.7 Å². The summed E-state index contributed by atoms with van der Waals surface area (Å²) in [5, 5.41) is 2.11. The fourth-order valence-corrected chi connectivity index (χ4v) is 2.42. The van der Waals surface area contributed by atoms with Gasteiger partial charge in [0.25, 0.3) is 0 Å². The van der Waals surface area contributed by atoms with Crippen molar-refractivity contribution in [2.45, 2.75) is 6.42 Å². The van der Waals surface area contributed by atoms with Crippen molar-refractivity contribution in [2.75, 3.05) is 7.05 Å². The van der Waals surface area contributed by atoms with Crippen LogP contribution in [0.2, 0.25) is 0 Å². The molecule has 2 heteroatoms. The summed E-state index contributed by atoms with van der Waals surface area (Å²) < 4.78 is 0. The van der Waals surface area contributed by atoms with Crippen molar-refractivity contribution >= 4 is 17.0 Å². The van der Waals surface area contributed by atoms with Gasteiger partial charge >= 0.3 is 0 Å². The predicted molar refractivity (Wildman–Crippen MR) is 49.6 cm³/mol. The molecule has 0 aromatic carbocycles. The van der Waals surface area contributed by atoms with Crippen LogP contribution in [0.15, 0.2) is 28.6 Å². The van der Waals surface area contributed by atoms with Gasteiger partial charge in [0.1, 0.15) is 0 Å². The van der Waals surface area contributed by atoms with Crippen molar-refractivity contribution in [1.82, 2.24) is 0 Å². The van der Waals surface area contributed by atoms with Crippen molar-refractivity contribution in [1.29, 1.82) is 0 Å². The molecule has 56 valence electrons. The first-order valence-electron chi connectivity index (χ1n) is 3.54. The highest BCUT2D eigenvalue weighted by molar-refractivity contribution is 7.12. The maximum atomic E-state index is 4.21. The summed E-state index contributed by atoms with van der Waals surface area (Å²) in [5.41, 5.74) is 3.66. The van der Waals surface area contributed by atoms with Crippen LogP contribution in [-0.2, 0) is 6.42 Å². The molecule has 0 fully saturated rings. The van der Waals surface area contributed by atoms with Crippen LogP contribution in [0.25, 0.3) is 0 Å². The molecule has 0 aliphatic heterocycles. The van der Waals surface area contributed by atoms with Gasteiger partial charge < -0.3 is 0 Å². The van der Waals surface area contributed by atoms with Crippen molar-refractivity contribution < 1.29 is 0 Å². The summed E-state index contributed by atoms with van der Waals surface area (Å²) in [4.78, 5) is 5.53. The van der Waals surface area contributed by atoms with Gasteiger partial charge in [0.2, 0.25) is 0 Å². The Morgan fingerprint density at radius 3 is 3.18 bits per heavy atom. The number of thiophene rings is 1. The minimum absolute atomic E-state index is 0.992. The minimum Gasteiger partial charge on any atom is -0.287 e. The summed E-state index contributed by atoms with van der Waals surface area (Å²) in [7, 11) is 1.83. The molecule has 0 unspecified atom stereocenters. The van der Waals surface area contributed by atoms with E-state index in [4.69, 9.17) is 0 Å². The van der Waals surface area contributed by atoms with Crippen LogP contribution >= 0.6 is 11.3 Å². The normalized spacial score (nSPS) is 19.4. The number of hydrogen-bond acceptors (Lipinski definition) is 2. The number of hydrogen-bond donors (Lipinski definition) is 0. The Bertz CT molecular complexity index is 333. The maximum absolute atomic E-state index is 4.21. The van der Waals surface area contributed by atoms with Gasteiger partial charge in [0, 0.05) is 13.5 Å². The van der Waals surface area contributed by atoms with Crippen LogP contribution in [0.4, 0.5) is 0 Å². The third-order valence-electron chi connectivity index (χ3n) is 1.92. The molecule has 0 atom stereocenters. The SMILES string of the molecule is C=C1Cc2ccsc2C1=NC. The van der Waals surface area contributed by atoms with Gasteiger partial charge in [-0.3, -0.25) is 4.99 Å². The minimum atomic E-state index is 0.992. The van der Waals surface area contributed by atoms with Crippen molar-refractivity contribution in [2.24, 2.45) is 4.99 Å². The number of nitrogens with zero attached hydrogens (tertiary/aromatic N) is 1. The smallest absolute Gasteiger partial charge is 0.0775 e. The molecule has 1 heterocycles. The second-order valence-electron chi connectivity index (χ2n) is 2.63. The molecular formula is C9H9NS. The molecule has 0 saturated carbocycles. The zero-order valence-electron chi connectivity index (χ0n) is 6.42. The first-order valence-corrected chi connectivity index (χ1v) is 4.42. The zero-order chi connectivity index (χ0) is 7.84. The molecule has 0 amide bonds. The highest BCUT2D eigenvalue weighted by Gasteiger charge is 2.21. The molecule has 1 aromatic heterocycles. The Labute approximate surface area is 70.1 Å². The molecule has 11 heavy (non-hydrogen) atoms. The van der Waals surface area contributed by atoms with Crippen LogP contribution in [0, 0.1) is 0 Å². The standard InChI is InChI=1S/C9H9NS/c1-6-5-7-3-4-11-9(7)8(6)10-2/h3-4H,1,5H2,2H3. The third-order valence-corrected chi connectivity index (χ3v) is 2.89. The van der Waals surface area contributed by atoms with E-state index < -0.39 is 0 Å². The fourth-order valence-electron chi connectivity index (χ4n) is 1.42. The molecule has 1 nitrogen and oxygen atoms in total. The van der Waals surface area contributed by atoms with Crippen LogP contribution in [0.3, 0.4) is 0 Å². The highest BCUT2D eigenvalue weighted by Crippen LogP contribution is 2.29. The topological polar surface area (TPSA) is 12.4 Å². The largest absolute Gasteiger partial charge is 0.287 e. The van der Waals surface area contributed by atoms with Crippen molar-refractivity contribution in [3.63, 3.8) is 0 Å². The first kappa shape index (κ1) is 6.80. The van der Waals surface area contributed by atoms with E-state index in [2.05, 4.69) is 23.0 Å². The molecule has 0 spiro atoms. The van der Waals surface area contributed by atoms with Gasteiger partial charge in [-0.1, -0.05) is 6.58 Å². The Kier molecular flexibility index (Phi) is 1.43. The molecule has 2 rings (SSSR count).